The van der Waals surface area contributed by atoms with Crippen molar-refractivity contribution >= 4 is 46.4 Å². The third kappa shape index (κ3) is 7.71. The normalized spacial score (nSPS) is 10.6. The second kappa shape index (κ2) is 11.8. The molecule has 0 saturated carbocycles. The molecule has 0 heterocycles. The second-order valence-electron chi connectivity index (χ2n) is 7.19. The van der Waals surface area contributed by atoms with Gasteiger partial charge in [-0.1, -0.05) is 54.6 Å². The van der Waals surface area contributed by atoms with E-state index in [1.54, 1.807) is 0 Å². The van der Waals surface area contributed by atoms with Crippen molar-refractivity contribution in [1.82, 2.24) is 0 Å². The number of nitrogens with one attached hydrogen (secondary N) is 2. The Labute approximate surface area is 183 Å². The SMILES string of the molecule is Cc1c(Cl)cccc1NC(=O)CCCCCCCC(=O)Nc1cccc(Cl)c1C. The van der Waals surface area contributed by atoms with Gasteiger partial charge in [-0.3, -0.25) is 9.59 Å². The summed E-state index contributed by atoms with van der Waals surface area (Å²) in [6, 6.07) is 11.0. The Balaban J connectivity index is 1.56. The van der Waals surface area contributed by atoms with Gasteiger partial charge in [-0.25, -0.2) is 0 Å². The highest BCUT2D eigenvalue weighted by Crippen LogP contribution is 2.24. The van der Waals surface area contributed by atoms with Crippen LogP contribution in [0.25, 0.3) is 0 Å². The van der Waals surface area contributed by atoms with E-state index in [0.29, 0.717) is 22.9 Å². The van der Waals surface area contributed by atoms with Crippen LogP contribution in [-0.2, 0) is 9.59 Å². The largest absolute Gasteiger partial charge is 0.326 e. The summed E-state index contributed by atoms with van der Waals surface area (Å²) in [5.41, 5.74) is 3.30. The second-order valence-corrected chi connectivity index (χ2v) is 8.00. The van der Waals surface area contributed by atoms with Crippen LogP contribution in [-0.4, -0.2) is 11.8 Å². The van der Waals surface area contributed by atoms with Crippen LogP contribution in [0, 0.1) is 13.8 Å². The highest BCUT2D eigenvalue weighted by atomic mass is 35.5. The zero-order chi connectivity index (χ0) is 21.2. The predicted molar refractivity (Wildman–Crippen MR) is 122 cm³/mol. The molecular weight excluding hydrogens is 407 g/mol. The minimum Gasteiger partial charge on any atom is -0.326 e. The van der Waals surface area contributed by atoms with Crippen molar-refractivity contribution in [3.63, 3.8) is 0 Å². The Kier molecular flexibility index (Phi) is 9.49. The number of hydrogen-bond donors (Lipinski definition) is 2. The predicted octanol–water partition coefficient (Wildman–Crippen LogP) is 6.92. The van der Waals surface area contributed by atoms with Gasteiger partial charge in [0.2, 0.25) is 11.8 Å². The summed E-state index contributed by atoms with van der Waals surface area (Å²) in [7, 11) is 0. The van der Waals surface area contributed by atoms with Crippen LogP contribution in [0.2, 0.25) is 10.0 Å². The highest BCUT2D eigenvalue weighted by Gasteiger charge is 2.08. The summed E-state index contributed by atoms with van der Waals surface area (Å²) in [5, 5.41) is 7.13. The van der Waals surface area contributed by atoms with Gasteiger partial charge in [0.15, 0.2) is 0 Å². The molecule has 0 radical (unpaired) electrons. The molecule has 0 aromatic heterocycles. The topological polar surface area (TPSA) is 58.2 Å². The molecule has 156 valence electrons. The Morgan fingerprint density at radius 2 is 1.07 bits per heavy atom. The van der Waals surface area contributed by atoms with Gasteiger partial charge in [-0.2, -0.15) is 0 Å². The maximum Gasteiger partial charge on any atom is 0.224 e. The van der Waals surface area contributed by atoms with Crippen LogP contribution in [0.3, 0.4) is 0 Å². The van der Waals surface area contributed by atoms with Crippen LogP contribution in [0.4, 0.5) is 11.4 Å². The fourth-order valence-electron chi connectivity index (χ4n) is 3.01. The fraction of sp³-hybridized carbons (Fsp3) is 0.391. The lowest BCUT2D eigenvalue weighted by molar-refractivity contribution is -0.117. The number of unbranched alkanes of at least 4 members (excludes halogenated alkanes) is 4. The molecule has 0 aliphatic rings. The number of carbonyl (C=O) groups excluding carboxylic acids is 2. The molecule has 0 unspecified atom stereocenters. The van der Waals surface area contributed by atoms with Gasteiger partial charge in [0.05, 0.1) is 0 Å². The molecule has 6 heteroatoms. The van der Waals surface area contributed by atoms with E-state index in [9.17, 15) is 9.59 Å². The summed E-state index contributed by atoms with van der Waals surface area (Å²) < 4.78 is 0. The first-order chi connectivity index (χ1) is 13.9. The van der Waals surface area contributed by atoms with Crippen molar-refractivity contribution < 1.29 is 9.59 Å². The number of anilines is 2. The Morgan fingerprint density at radius 1 is 0.690 bits per heavy atom. The van der Waals surface area contributed by atoms with E-state index in [0.717, 1.165) is 54.6 Å². The molecule has 2 rings (SSSR count). The van der Waals surface area contributed by atoms with Gasteiger partial charge in [0, 0.05) is 34.3 Å². The molecule has 2 aromatic carbocycles. The Morgan fingerprint density at radius 3 is 1.48 bits per heavy atom. The van der Waals surface area contributed by atoms with E-state index in [4.69, 9.17) is 23.2 Å². The van der Waals surface area contributed by atoms with Gasteiger partial charge in [-0.15, -0.1) is 0 Å². The lowest BCUT2D eigenvalue weighted by atomic mass is 10.1. The number of hydrogen-bond acceptors (Lipinski definition) is 2. The maximum absolute atomic E-state index is 12.1. The van der Waals surface area contributed by atoms with Crippen molar-refractivity contribution in [3.05, 3.63) is 57.6 Å². The van der Waals surface area contributed by atoms with Gasteiger partial charge in [0.1, 0.15) is 0 Å². The first-order valence-electron chi connectivity index (χ1n) is 9.98. The zero-order valence-electron chi connectivity index (χ0n) is 17.0. The number of halogens is 2. The van der Waals surface area contributed by atoms with Crippen molar-refractivity contribution in [1.29, 1.82) is 0 Å². The molecule has 2 amide bonds. The first kappa shape index (κ1) is 23.2. The van der Waals surface area contributed by atoms with E-state index < -0.39 is 0 Å². The van der Waals surface area contributed by atoms with Crippen molar-refractivity contribution in [3.8, 4) is 0 Å². The van der Waals surface area contributed by atoms with Crippen LogP contribution in [0.15, 0.2) is 36.4 Å². The van der Waals surface area contributed by atoms with Gasteiger partial charge >= 0.3 is 0 Å². The van der Waals surface area contributed by atoms with Crippen LogP contribution in [0.5, 0.6) is 0 Å². The fourth-order valence-corrected chi connectivity index (χ4v) is 3.36. The van der Waals surface area contributed by atoms with Crippen molar-refractivity contribution in [2.45, 2.75) is 58.8 Å². The van der Waals surface area contributed by atoms with Gasteiger partial charge in [0.25, 0.3) is 0 Å². The number of amides is 2. The molecule has 2 N–H and O–H groups in total. The quantitative estimate of drug-likeness (QED) is 0.398. The van der Waals surface area contributed by atoms with E-state index in [1.165, 1.54) is 0 Å². The van der Waals surface area contributed by atoms with E-state index in [2.05, 4.69) is 10.6 Å². The number of rotatable bonds is 10. The molecule has 0 saturated heterocycles. The Bertz CT molecular complexity index is 783. The smallest absolute Gasteiger partial charge is 0.224 e. The summed E-state index contributed by atoms with van der Waals surface area (Å²) >= 11 is 12.1. The van der Waals surface area contributed by atoms with E-state index >= 15 is 0 Å². The summed E-state index contributed by atoms with van der Waals surface area (Å²) in [4.78, 5) is 24.1. The van der Waals surface area contributed by atoms with E-state index in [-0.39, 0.29) is 11.8 Å². The van der Waals surface area contributed by atoms with Gasteiger partial charge < -0.3 is 10.6 Å². The molecule has 0 aliphatic carbocycles. The average molecular weight is 435 g/mol. The molecule has 0 atom stereocenters. The Hall–Kier alpha value is -2.04. The maximum atomic E-state index is 12.1. The van der Waals surface area contributed by atoms with Crippen LogP contribution < -0.4 is 10.6 Å². The molecule has 0 aliphatic heterocycles. The number of carbonyl (C=O) groups is 2. The van der Waals surface area contributed by atoms with Crippen LogP contribution >= 0.6 is 23.2 Å². The first-order valence-corrected chi connectivity index (χ1v) is 10.7. The van der Waals surface area contributed by atoms with Crippen molar-refractivity contribution in [2.24, 2.45) is 0 Å². The van der Waals surface area contributed by atoms with Crippen molar-refractivity contribution in [2.75, 3.05) is 10.6 Å². The monoisotopic (exact) mass is 434 g/mol. The molecular formula is C23H28Cl2N2O2. The molecule has 29 heavy (non-hydrogen) atoms. The zero-order valence-corrected chi connectivity index (χ0v) is 18.5. The average Bonchev–Trinajstić information content (AvgIpc) is 2.68. The molecule has 4 nitrogen and oxygen atoms in total. The molecule has 0 spiro atoms. The molecule has 2 aromatic rings. The van der Waals surface area contributed by atoms with Crippen LogP contribution in [0.1, 0.15) is 56.1 Å². The molecule has 0 bridgehead atoms. The standard InChI is InChI=1S/C23H28Cl2N2O2/c1-16-18(24)10-8-12-20(16)26-22(28)14-6-4-3-5-7-15-23(29)27-21-13-9-11-19(25)17(21)2/h8-13H,3-7,14-15H2,1-2H3,(H,26,28)(H,27,29). The van der Waals surface area contributed by atoms with E-state index in [1.807, 2.05) is 50.2 Å². The third-order valence-corrected chi connectivity index (χ3v) is 5.71. The lowest BCUT2D eigenvalue weighted by Gasteiger charge is -2.10. The number of benzene rings is 2. The van der Waals surface area contributed by atoms with Gasteiger partial charge in [-0.05, 0) is 62.1 Å². The summed E-state index contributed by atoms with van der Waals surface area (Å²) in [5.74, 6) is 0.0123. The third-order valence-electron chi connectivity index (χ3n) is 4.89. The minimum atomic E-state index is 0.00614. The summed E-state index contributed by atoms with van der Waals surface area (Å²) in [6.45, 7) is 3.78. The minimum absolute atomic E-state index is 0.00614. The lowest BCUT2D eigenvalue weighted by Crippen LogP contribution is -2.12. The highest BCUT2D eigenvalue weighted by molar-refractivity contribution is 6.32. The molecule has 0 fully saturated rings. The summed E-state index contributed by atoms with van der Waals surface area (Å²) in [6.07, 6.45) is 5.58.